The van der Waals surface area contributed by atoms with Crippen LogP contribution in [-0.4, -0.2) is 48.6 Å². The van der Waals surface area contributed by atoms with Gasteiger partial charge in [-0.1, -0.05) is 41.9 Å². The Morgan fingerprint density at radius 1 is 1.20 bits per heavy atom. The summed E-state index contributed by atoms with van der Waals surface area (Å²) in [6.07, 6.45) is 2.18. The van der Waals surface area contributed by atoms with Crippen LogP contribution in [0.15, 0.2) is 45.1 Å². The second-order valence-corrected chi connectivity index (χ2v) is 8.94. The van der Waals surface area contributed by atoms with Gasteiger partial charge in [-0.25, -0.2) is 0 Å². The fourth-order valence-corrected chi connectivity index (χ4v) is 3.73. The molecule has 0 amide bonds. The molecule has 0 spiro atoms. The number of carbonyl (C=O) groups is 1. The van der Waals surface area contributed by atoms with E-state index in [0.29, 0.717) is 12.8 Å². The highest BCUT2D eigenvalue weighted by atomic mass is 79.9. The van der Waals surface area contributed by atoms with Crippen LogP contribution in [0.2, 0.25) is 0 Å². The first-order valence-corrected chi connectivity index (χ1v) is 9.55. The van der Waals surface area contributed by atoms with Crippen LogP contribution in [0.5, 0.6) is 0 Å². The van der Waals surface area contributed by atoms with E-state index >= 15 is 0 Å². The minimum atomic E-state index is 0.0108. The molecule has 1 heterocycles. The number of hydrogen-bond acceptors (Lipinski definition) is 4. The number of allylic oxidation sites excluding steroid dienone is 2. The lowest BCUT2D eigenvalue weighted by molar-refractivity contribution is -0.118. The van der Waals surface area contributed by atoms with Gasteiger partial charge in [0.2, 0.25) is 0 Å². The molecule has 4 nitrogen and oxygen atoms in total. The number of halogens is 1. The van der Waals surface area contributed by atoms with Crippen molar-refractivity contribution >= 4 is 27.4 Å². The number of rotatable bonds is 4. The fourth-order valence-electron chi connectivity index (χ4n) is 3.46. The Morgan fingerprint density at radius 3 is 2.52 bits per heavy atom. The van der Waals surface area contributed by atoms with Crippen LogP contribution < -0.4 is 0 Å². The van der Waals surface area contributed by atoms with Gasteiger partial charge < -0.3 is 4.90 Å². The van der Waals surface area contributed by atoms with E-state index in [0.717, 1.165) is 46.5 Å². The molecule has 0 fully saturated rings. The number of likely N-dealkylation sites (N-methyl/N-ethyl adjacent to an activating group) is 1. The molecule has 0 saturated heterocycles. The second kappa shape index (κ2) is 7.04. The van der Waals surface area contributed by atoms with Crippen molar-refractivity contribution in [2.75, 3.05) is 27.2 Å². The SMILES string of the molecule is CN(C)CCN1N=C(c2ccc(Br)cc2)CC2=C1CC(C)(C)CC2=O. The van der Waals surface area contributed by atoms with Crippen LogP contribution in [0.3, 0.4) is 0 Å². The van der Waals surface area contributed by atoms with Gasteiger partial charge in [0, 0.05) is 35.1 Å². The average molecular weight is 404 g/mol. The molecule has 0 N–H and O–H groups in total. The molecule has 1 aliphatic heterocycles. The lowest BCUT2D eigenvalue weighted by Crippen LogP contribution is -2.38. The van der Waals surface area contributed by atoms with E-state index in [4.69, 9.17) is 5.10 Å². The maximum absolute atomic E-state index is 12.8. The molecule has 134 valence electrons. The van der Waals surface area contributed by atoms with Crippen molar-refractivity contribution in [3.63, 3.8) is 0 Å². The highest BCUT2D eigenvalue weighted by molar-refractivity contribution is 9.10. The Kier molecular flexibility index (Phi) is 5.16. The smallest absolute Gasteiger partial charge is 0.161 e. The maximum atomic E-state index is 12.8. The summed E-state index contributed by atoms with van der Waals surface area (Å²) in [4.78, 5) is 15.0. The molecule has 1 aromatic carbocycles. The summed E-state index contributed by atoms with van der Waals surface area (Å²) in [6.45, 7) is 6.05. The van der Waals surface area contributed by atoms with Crippen LogP contribution in [0.4, 0.5) is 0 Å². The average Bonchev–Trinajstić information content (AvgIpc) is 2.52. The first-order valence-electron chi connectivity index (χ1n) is 8.76. The monoisotopic (exact) mass is 403 g/mol. The van der Waals surface area contributed by atoms with Crippen molar-refractivity contribution in [3.05, 3.63) is 45.6 Å². The van der Waals surface area contributed by atoms with Crippen molar-refractivity contribution in [1.29, 1.82) is 0 Å². The highest BCUT2D eigenvalue weighted by Gasteiger charge is 2.37. The van der Waals surface area contributed by atoms with Gasteiger partial charge in [-0.05, 0) is 43.6 Å². The zero-order valence-electron chi connectivity index (χ0n) is 15.5. The summed E-state index contributed by atoms with van der Waals surface area (Å²) in [5.41, 5.74) is 4.17. The van der Waals surface area contributed by atoms with Crippen LogP contribution in [0.1, 0.15) is 38.7 Å². The molecule has 0 radical (unpaired) electrons. The molecular weight excluding hydrogens is 378 g/mol. The van der Waals surface area contributed by atoms with E-state index in [1.807, 2.05) is 12.1 Å². The van der Waals surface area contributed by atoms with Crippen molar-refractivity contribution < 1.29 is 4.79 Å². The summed E-state index contributed by atoms with van der Waals surface area (Å²) in [6, 6.07) is 8.18. The predicted octanol–water partition coefficient (Wildman–Crippen LogP) is 4.06. The van der Waals surface area contributed by atoms with Crippen LogP contribution in [0, 0.1) is 5.41 Å². The van der Waals surface area contributed by atoms with Crippen molar-refractivity contribution in [1.82, 2.24) is 9.91 Å². The van der Waals surface area contributed by atoms with E-state index in [-0.39, 0.29) is 11.2 Å². The summed E-state index contributed by atoms with van der Waals surface area (Å²) >= 11 is 3.48. The fraction of sp³-hybridized carbons (Fsp3) is 0.500. The molecule has 3 rings (SSSR count). The topological polar surface area (TPSA) is 35.9 Å². The van der Waals surface area contributed by atoms with Gasteiger partial charge in [-0.3, -0.25) is 9.80 Å². The minimum Gasteiger partial charge on any atom is -0.308 e. The van der Waals surface area contributed by atoms with Gasteiger partial charge in [0.25, 0.3) is 0 Å². The third-order valence-corrected chi connectivity index (χ3v) is 5.33. The summed E-state index contributed by atoms with van der Waals surface area (Å²) in [5, 5.41) is 7.01. The maximum Gasteiger partial charge on any atom is 0.161 e. The number of hydrazone groups is 1. The molecule has 0 atom stereocenters. The Labute approximate surface area is 158 Å². The summed E-state index contributed by atoms with van der Waals surface area (Å²) in [7, 11) is 4.13. The Bertz CT molecular complexity index is 732. The van der Waals surface area contributed by atoms with E-state index in [9.17, 15) is 4.79 Å². The molecule has 5 heteroatoms. The van der Waals surface area contributed by atoms with Gasteiger partial charge in [-0.2, -0.15) is 5.10 Å². The molecule has 0 bridgehead atoms. The van der Waals surface area contributed by atoms with Crippen LogP contribution >= 0.6 is 15.9 Å². The van der Waals surface area contributed by atoms with Crippen molar-refractivity contribution in [3.8, 4) is 0 Å². The first kappa shape index (κ1) is 18.3. The van der Waals surface area contributed by atoms with Gasteiger partial charge >= 0.3 is 0 Å². The second-order valence-electron chi connectivity index (χ2n) is 8.02. The number of ketones is 1. The Hall–Kier alpha value is -1.46. The zero-order chi connectivity index (χ0) is 18.2. The number of carbonyl (C=O) groups excluding carboxylic acids is 1. The molecule has 25 heavy (non-hydrogen) atoms. The normalized spacial score (nSPS) is 20.0. The number of nitrogens with zero attached hydrogens (tertiary/aromatic N) is 3. The van der Waals surface area contributed by atoms with Crippen molar-refractivity contribution in [2.24, 2.45) is 10.5 Å². The van der Waals surface area contributed by atoms with Gasteiger partial charge in [-0.15, -0.1) is 0 Å². The largest absolute Gasteiger partial charge is 0.308 e. The molecule has 2 aliphatic rings. The molecule has 1 aliphatic carbocycles. The lowest BCUT2D eigenvalue weighted by Gasteiger charge is -2.39. The lowest BCUT2D eigenvalue weighted by atomic mass is 9.74. The number of hydrogen-bond donors (Lipinski definition) is 0. The zero-order valence-corrected chi connectivity index (χ0v) is 17.1. The predicted molar refractivity (Wildman–Crippen MR) is 106 cm³/mol. The first-order chi connectivity index (χ1) is 11.7. The third kappa shape index (κ3) is 4.21. The van der Waals surface area contributed by atoms with E-state index in [1.165, 1.54) is 0 Å². The quantitative estimate of drug-likeness (QED) is 0.759. The molecular formula is C20H26BrN3O. The Morgan fingerprint density at radius 2 is 1.88 bits per heavy atom. The molecule has 0 aromatic heterocycles. The van der Waals surface area contributed by atoms with Crippen LogP contribution in [-0.2, 0) is 4.79 Å². The van der Waals surface area contributed by atoms with E-state index < -0.39 is 0 Å². The standard InChI is InChI=1S/C20H26BrN3O/c1-20(2)12-18-16(19(25)13-20)11-17(14-5-7-15(21)8-6-14)22-24(18)10-9-23(3)4/h5-8H,9-13H2,1-4H3. The van der Waals surface area contributed by atoms with Gasteiger partial charge in [0.1, 0.15) is 0 Å². The van der Waals surface area contributed by atoms with Crippen molar-refractivity contribution in [2.45, 2.75) is 33.1 Å². The number of benzene rings is 1. The number of Topliss-reactive ketones (excluding diaryl/α,β-unsaturated/α-hetero) is 1. The molecule has 0 saturated carbocycles. The van der Waals surface area contributed by atoms with E-state index in [2.05, 4.69) is 65.9 Å². The third-order valence-electron chi connectivity index (χ3n) is 4.80. The van der Waals surface area contributed by atoms with Gasteiger partial charge in [0.05, 0.1) is 12.3 Å². The van der Waals surface area contributed by atoms with Gasteiger partial charge in [0.15, 0.2) is 5.78 Å². The van der Waals surface area contributed by atoms with Crippen LogP contribution in [0.25, 0.3) is 0 Å². The molecule has 0 unspecified atom stereocenters. The summed E-state index contributed by atoms with van der Waals surface area (Å²) < 4.78 is 1.05. The van der Waals surface area contributed by atoms with E-state index in [1.54, 1.807) is 0 Å². The minimum absolute atomic E-state index is 0.0108. The summed E-state index contributed by atoms with van der Waals surface area (Å²) in [5.74, 6) is 0.283. The Balaban J connectivity index is 1.96. The highest BCUT2D eigenvalue weighted by Crippen LogP contribution is 2.41. The molecule has 1 aromatic rings.